The molecule has 1 fully saturated rings. The van der Waals surface area contributed by atoms with E-state index in [2.05, 4.69) is 19.2 Å². The van der Waals surface area contributed by atoms with Crippen molar-refractivity contribution in [3.05, 3.63) is 23.8 Å². The lowest BCUT2D eigenvalue weighted by Crippen LogP contribution is -2.56. The smallest absolute Gasteiger partial charge is 0.0630 e. The summed E-state index contributed by atoms with van der Waals surface area (Å²) >= 11 is 0. The number of nitrogens with one attached hydrogen (secondary N) is 1. The molecule has 1 aromatic carbocycles. The van der Waals surface area contributed by atoms with Crippen LogP contribution in [0.4, 0.5) is 11.4 Å². The average Bonchev–Trinajstić information content (AvgIpc) is 2.24. The normalized spacial score (nSPS) is 27.2. The van der Waals surface area contributed by atoms with Crippen molar-refractivity contribution in [2.45, 2.75) is 39.3 Å². The summed E-state index contributed by atoms with van der Waals surface area (Å²) < 4.78 is 0. The first-order chi connectivity index (χ1) is 7.43. The Morgan fingerprint density at radius 3 is 2.69 bits per heavy atom. The molecular weight excluding hydrogens is 200 g/mol. The Balaban J connectivity index is 2.14. The lowest BCUT2D eigenvalue weighted by molar-refractivity contribution is -0.0510. The number of nitrogens with two attached hydrogens (primary N) is 1. The van der Waals surface area contributed by atoms with E-state index < -0.39 is 0 Å². The van der Waals surface area contributed by atoms with E-state index in [1.54, 1.807) is 0 Å². The molecule has 0 amide bonds. The van der Waals surface area contributed by atoms with Crippen molar-refractivity contribution in [2.24, 2.45) is 5.41 Å². The van der Waals surface area contributed by atoms with Gasteiger partial charge in [0.1, 0.15) is 0 Å². The van der Waals surface area contributed by atoms with E-state index in [1.165, 1.54) is 0 Å². The second kappa shape index (κ2) is 3.67. The van der Waals surface area contributed by atoms with Crippen LogP contribution in [0.5, 0.6) is 0 Å². The first-order valence-corrected chi connectivity index (χ1v) is 5.72. The van der Waals surface area contributed by atoms with Crippen LogP contribution < -0.4 is 11.1 Å². The van der Waals surface area contributed by atoms with E-state index in [-0.39, 0.29) is 11.5 Å². The third kappa shape index (κ3) is 1.65. The summed E-state index contributed by atoms with van der Waals surface area (Å²) in [7, 11) is 0. The molecule has 0 saturated heterocycles. The van der Waals surface area contributed by atoms with Gasteiger partial charge < -0.3 is 16.2 Å². The maximum absolute atomic E-state index is 9.68. The first kappa shape index (κ1) is 11.3. The zero-order valence-corrected chi connectivity index (χ0v) is 10.1. The summed E-state index contributed by atoms with van der Waals surface area (Å²) in [6.45, 7) is 6.18. The third-order valence-corrected chi connectivity index (χ3v) is 3.92. The van der Waals surface area contributed by atoms with Gasteiger partial charge in [-0.25, -0.2) is 0 Å². The zero-order valence-electron chi connectivity index (χ0n) is 10.1. The highest BCUT2D eigenvalue weighted by Crippen LogP contribution is 2.42. The molecule has 0 bridgehead atoms. The van der Waals surface area contributed by atoms with Gasteiger partial charge in [-0.1, -0.05) is 19.9 Å². The molecule has 1 aromatic rings. The summed E-state index contributed by atoms with van der Waals surface area (Å²) in [6.07, 6.45) is 0.604. The minimum atomic E-state index is -0.202. The molecule has 1 saturated carbocycles. The number of anilines is 2. The highest BCUT2D eigenvalue weighted by molar-refractivity contribution is 5.63. The number of benzene rings is 1. The Kier molecular flexibility index (Phi) is 2.58. The van der Waals surface area contributed by atoms with Gasteiger partial charge in [-0.2, -0.15) is 0 Å². The number of hydrogen-bond acceptors (Lipinski definition) is 3. The standard InChI is InChI=1S/C13H20N2O/c1-8-9(14)5-4-6-10(8)15-11-7-12(16)13(11,2)3/h4-6,11-12,15-16H,7,14H2,1-3H3. The van der Waals surface area contributed by atoms with Crippen LogP contribution in [-0.4, -0.2) is 17.3 Å². The van der Waals surface area contributed by atoms with E-state index in [9.17, 15) is 5.11 Å². The van der Waals surface area contributed by atoms with Crippen molar-refractivity contribution in [1.29, 1.82) is 0 Å². The molecule has 0 radical (unpaired) electrons. The van der Waals surface area contributed by atoms with Crippen LogP contribution in [0.15, 0.2) is 18.2 Å². The fourth-order valence-corrected chi connectivity index (χ4v) is 2.14. The lowest BCUT2D eigenvalue weighted by Gasteiger charge is -2.50. The van der Waals surface area contributed by atoms with Gasteiger partial charge in [-0.05, 0) is 31.0 Å². The number of rotatable bonds is 2. The van der Waals surface area contributed by atoms with E-state index >= 15 is 0 Å². The van der Waals surface area contributed by atoms with Crippen LogP contribution in [-0.2, 0) is 0 Å². The van der Waals surface area contributed by atoms with Gasteiger partial charge in [0.15, 0.2) is 0 Å². The van der Waals surface area contributed by atoms with Crippen LogP contribution in [0.3, 0.4) is 0 Å². The molecule has 88 valence electrons. The van der Waals surface area contributed by atoms with Gasteiger partial charge in [0.25, 0.3) is 0 Å². The third-order valence-electron chi connectivity index (χ3n) is 3.92. The predicted octanol–water partition coefficient (Wildman–Crippen LogP) is 2.15. The van der Waals surface area contributed by atoms with Crippen LogP contribution in [0.25, 0.3) is 0 Å². The lowest BCUT2D eigenvalue weighted by atomic mass is 9.64. The van der Waals surface area contributed by atoms with Crippen molar-refractivity contribution < 1.29 is 5.11 Å². The topological polar surface area (TPSA) is 58.3 Å². The summed E-state index contributed by atoms with van der Waals surface area (Å²) in [5.74, 6) is 0. The molecule has 2 rings (SSSR count). The average molecular weight is 220 g/mol. The fraction of sp³-hybridized carbons (Fsp3) is 0.538. The zero-order chi connectivity index (χ0) is 11.9. The predicted molar refractivity (Wildman–Crippen MR) is 67.4 cm³/mol. The molecular formula is C13H20N2O. The second-order valence-electron chi connectivity index (χ2n) is 5.29. The molecule has 3 heteroatoms. The molecule has 1 aliphatic carbocycles. The molecule has 0 spiro atoms. The van der Waals surface area contributed by atoms with Crippen molar-refractivity contribution >= 4 is 11.4 Å². The molecule has 1 aliphatic rings. The molecule has 16 heavy (non-hydrogen) atoms. The molecule has 3 nitrogen and oxygen atoms in total. The largest absolute Gasteiger partial charge is 0.398 e. The molecule has 0 heterocycles. The minimum absolute atomic E-state index is 0.0585. The summed E-state index contributed by atoms with van der Waals surface area (Å²) in [5.41, 5.74) is 8.77. The summed E-state index contributed by atoms with van der Waals surface area (Å²) in [5, 5.41) is 13.2. The number of aliphatic hydroxyl groups excluding tert-OH is 1. The number of hydrogen-bond donors (Lipinski definition) is 3. The molecule has 2 unspecified atom stereocenters. The molecule has 0 aliphatic heterocycles. The van der Waals surface area contributed by atoms with Crippen LogP contribution in [0.2, 0.25) is 0 Å². The van der Waals surface area contributed by atoms with Gasteiger partial charge in [0, 0.05) is 22.8 Å². The van der Waals surface area contributed by atoms with E-state index in [0.29, 0.717) is 6.04 Å². The first-order valence-electron chi connectivity index (χ1n) is 5.72. The second-order valence-corrected chi connectivity index (χ2v) is 5.29. The Morgan fingerprint density at radius 2 is 2.12 bits per heavy atom. The molecule has 2 atom stereocenters. The maximum atomic E-state index is 9.68. The number of nitrogen functional groups attached to an aromatic ring is 1. The molecule has 4 N–H and O–H groups in total. The van der Waals surface area contributed by atoms with Crippen LogP contribution in [0.1, 0.15) is 25.8 Å². The van der Waals surface area contributed by atoms with Gasteiger partial charge in [-0.3, -0.25) is 0 Å². The van der Waals surface area contributed by atoms with Crippen molar-refractivity contribution in [2.75, 3.05) is 11.1 Å². The quantitative estimate of drug-likeness (QED) is 0.669. The SMILES string of the molecule is Cc1c(N)cccc1NC1CC(O)C1(C)C. The minimum Gasteiger partial charge on any atom is -0.398 e. The van der Waals surface area contributed by atoms with Gasteiger partial charge >= 0.3 is 0 Å². The highest BCUT2D eigenvalue weighted by atomic mass is 16.3. The van der Waals surface area contributed by atoms with Crippen LogP contribution in [0, 0.1) is 12.3 Å². The summed E-state index contributed by atoms with van der Waals surface area (Å²) in [4.78, 5) is 0. The Morgan fingerprint density at radius 1 is 1.44 bits per heavy atom. The Hall–Kier alpha value is -1.22. The molecule has 0 aromatic heterocycles. The highest BCUT2D eigenvalue weighted by Gasteiger charge is 2.47. The van der Waals surface area contributed by atoms with Crippen molar-refractivity contribution in [3.8, 4) is 0 Å². The van der Waals surface area contributed by atoms with Gasteiger partial charge in [-0.15, -0.1) is 0 Å². The van der Waals surface area contributed by atoms with E-state index in [0.717, 1.165) is 23.4 Å². The van der Waals surface area contributed by atoms with Crippen molar-refractivity contribution in [1.82, 2.24) is 0 Å². The van der Waals surface area contributed by atoms with Crippen LogP contribution >= 0.6 is 0 Å². The Labute approximate surface area is 96.7 Å². The van der Waals surface area contributed by atoms with Crippen molar-refractivity contribution in [3.63, 3.8) is 0 Å². The summed E-state index contributed by atoms with van der Waals surface area (Å²) in [6, 6.07) is 6.21. The Bertz CT molecular complexity index is 401. The van der Waals surface area contributed by atoms with Gasteiger partial charge in [0.2, 0.25) is 0 Å². The number of aliphatic hydroxyl groups is 1. The van der Waals surface area contributed by atoms with E-state index in [1.807, 2.05) is 25.1 Å². The van der Waals surface area contributed by atoms with E-state index in [4.69, 9.17) is 5.73 Å². The maximum Gasteiger partial charge on any atom is 0.0630 e. The monoisotopic (exact) mass is 220 g/mol. The fourth-order valence-electron chi connectivity index (χ4n) is 2.14. The van der Waals surface area contributed by atoms with Gasteiger partial charge in [0.05, 0.1) is 6.10 Å².